The molecule has 1 aromatic heterocycles. The molecular weight excluding hydrogens is 346 g/mol. The second-order valence-corrected chi connectivity index (χ2v) is 7.59. The summed E-state index contributed by atoms with van der Waals surface area (Å²) in [6.07, 6.45) is 3.13. The first-order valence-electron chi connectivity index (χ1n) is 7.29. The number of aromatic nitrogens is 2. The van der Waals surface area contributed by atoms with Crippen molar-refractivity contribution in [2.75, 3.05) is 4.72 Å². The molecule has 0 radical (unpaired) electrons. The predicted molar refractivity (Wildman–Crippen MR) is 94.8 cm³/mol. The molecule has 3 aromatic rings. The first kappa shape index (κ1) is 16.5. The molecule has 0 spiro atoms. The summed E-state index contributed by atoms with van der Waals surface area (Å²) in [4.78, 5) is 0.218. The van der Waals surface area contributed by atoms with Crippen LogP contribution in [0.15, 0.2) is 65.8 Å². The number of anilines is 1. The minimum absolute atomic E-state index is 0.218. The topological polar surface area (TPSA) is 64.0 Å². The van der Waals surface area contributed by atoms with Gasteiger partial charge >= 0.3 is 0 Å². The predicted octanol–water partition coefficient (Wildman–Crippen LogP) is 3.69. The van der Waals surface area contributed by atoms with Gasteiger partial charge in [0.15, 0.2) is 0 Å². The molecule has 1 N–H and O–H groups in total. The smallest absolute Gasteiger partial charge is 0.261 e. The Morgan fingerprint density at radius 1 is 1.17 bits per heavy atom. The zero-order chi connectivity index (χ0) is 17.2. The van der Waals surface area contributed by atoms with Crippen LogP contribution in [0, 0.1) is 6.92 Å². The van der Waals surface area contributed by atoms with Crippen molar-refractivity contribution < 1.29 is 8.42 Å². The zero-order valence-corrected chi connectivity index (χ0v) is 14.6. The summed E-state index contributed by atoms with van der Waals surface area (Å²) in [6, 6.07) is 14.1. The van der Waals surface area contributed by atoms with Gasteiger partial charge in [-0.3, -0.25) is 9.40 Å². The van der Waals surface area contributed by atoms with E-state index in [-0.39, 0.29) is 4.90 Å². The molecule has 0 atom stereocenters. The van der Waals surface area contributed by atoms with Crippen LogP contribution < -0.4 is 4.72 Å². The third-order valence-electron chi connectivity index (χ3n) is 3.45. The molecule has 2 aromatic carbocycles. The van der Waals surface area contributed by atoms with Crippen LogP contribution in [-0.2, 0) is 16.6 Å². The van der Waals surface area contributed by atoms with E-state index in [1.165, 1.54) is 6.20 Å². The van der Waals surface area contributed by atoms with Gasteiger partial charge in [0.1, 0.15) is 0 Å². The summed E-state index contributed by atoms with van der Waals surface area (Å²) < 4.78 is 28.9. The van der Waals surface area contributed by atoms with Crippen molar-refractivity contribution in [2.45, 2.75) is 18.4 Å². The lowest BCUT2D eigenvalue weighted by molar-refractivity contribution is 0.601. The largest absolute Gasteiger partial charge is 0.276 e. The van der Waals surface area contributed by atoms with Crippen molar-refractivity contribution in [3.05, 3.63) is 77.1 Å². The van der Waals surface area contributed by atoms with Crippen LogP contribution in [0.5, 0.6) is 0 Å². The van der Waals surface area contributed by atoms with E-state index >= 15 is 0 Å². The maximum Gasteiger partial charge on any atom is 0.261 e. The Hall–Kier alpha value is -2.31. The lowest BCUT2D eigenvalue weighted by Gasteiger charge is -2.06. The molecule has 0 aliphatic heterocycles. The Balaban J connectivity index is 1.75. The number of aryl methyl sites for hydroxylation is 1. The van der Waals surface area contributed by atoms with Crippen LogP contribution >= 0.6 is 11.6 Å². The van der Waals surface area contributed by atoms with Gasteiger partial charge in [-0.05, 0) is 36.8 Å². The highest BCUT2D eigenvalue weighted by atomic mass is 35.5. The Kier molecular flexibility index (Phi) is 4.59. The molecule has 0 bridgehead atoms. The molecule has 7 heteroatoms. The van der Waals surface area contributed by atoms with Crippen molar-refractivity contribution >= 4 is 27.3 Å². The van der Waals surface area contributed by atoms with E-state index in [4.69, 9.17) is 11.6 Å². The molecule has 0 unspecified atom stereocenters. The molecule has 0 fully saturated rings. The lowest BCUT2D eigenvalue weighted by atomic mass is 10.2. The Morgan fingerprint density at radius 2 is 1.92 bits per heavy atom. The molecule has 3 rings (SSSR count). The van der Waals surface area contributed by atoms with Crippen LogP contribution in [0.1, 0.15) is 11.1 Å². The Bertz CT molecular complexity index is 950. The van der Waals surface area contributed by atoms with Crippen molar-refractivity contribution in [3.63, 3.8) is 0 Å². The van der Waals surface area contributed by atoms with Crippen molar-refractivity contribution in [1.29, 1.82) is 0 Å². The molecule has 5 nitrogen and oxygen atoms in total. The van der Waals surface area contributed by atoms with Gasteiger partial charge in [0.2, 0.25) is 0 Å². The summed E-state index contributed by atoms with van der Waals surface area (Å²) in [5, 5.41) is 4.83. The highest BCUT2D eigenvalue weighted by molar-refractivity contribution is 7.92. The monoisotopic (exact) mass is 361 g/mol. The molecule has 0 aliphatic rings. The first-order chi connectivity index (χ1) is 11.4. The molecule has 0 saturated heterocycles. The van der Waals surface area contributed by atoms with Gasteiger partial charge in [0, 0.05) is 11.2 Å². The quantitative estimate of drug-likeness (QED) is 0.753. The molecule has 24 heavy (non-hydrogen) atoms. The first-order valence-corrected chi connectivity index (χ1v) is 9.15. The van der Waals surface area contributed by atoms with E-state index in [0.29, 0.717) is 17.3 Å². The van der Waals surface area contributed by atoms with Crippen molar-refractivity contribution in [1.82, 2.24) is 9.78 Å². The molecule has 124 valence electrons. The number of rotatable bonds is 5. The van der Waals surface area contributed by atoms with E-state index in [1.807, 2.05) is 25.1 Å². The number of hydrogen-bond acceptors (Lipinski definition) is 3. The Labute approximate surface area is 145 Å². The van der Waals surface area contributed by atoms with Crippen LogP contribution in [0.25, 0.3) is 0 Å². The van der Waals surface area contributed by atoms with Gasteiger partial charge in [0.05, 0.1) is 23.3 Å². The highest BCUT2D eigenvalue weighted by Crippen LogP contribution is 2.17. The van der Waals surface area contributed by atoms with Crippen LogP contribution in [0.2, 0.25) is 5.02 Å². The molecular formula is C17H16ClN3O2S. The number of nitrogens with one attached hydrogen (secondary N) is 1. The Morgan fingerprint density at radius 3 is 2.62 bits per heavy atom. The van der Waals surface area contributed by atoms with E-state index in [1.54, 1.807) is 41.2 Å². The van der Waals surface area contributed by atoms with Crippen molar-refractivity contribution in [3.8, 4) is 0 Å². The van der Waals surface area contributed by atoms with E-state index in [0.717, 1.165) is 11.1 Å². The van der Waals surface area contributed by atoms with Gasteiger partial charge in [0.25, 0.3) is 10.0 Å². The second kappa shape index (κ2) is 6.67. The third-order valence-corrected chi connectivity index (χ3v) is 5.08. The molecule has 0 aliphatic carbocycles. The summed E-state index contributed by atoms with van der Waals surface area (Å²) in [5.74, 6) is 0. The van der Waals surface area contributed by atoms with Crippen LogP contribution in [0.3, 0.4) is 0 Å². The molecule has 1 heterocycles. The van der Waals surface area contributed by atoms with E-state index in [2.05, 4.69) is 9.82 Å². The fraction of sp³-hybridized carbons (Fsp3) is 0.118. The van der Waals surface area contributed by atoms with Gasteiger partial charge < -0.3 is 0 Å². The summed E-state index contributed by atoms with van der Waals surface area (Å²) in [6.45, 7) is 2.41. The van der Waals surface area contributed by atoms with E-state index < -0.39 is 10.0 Å². The van der Waals surface area contributed by atoms with Gasteiger partial charge in [-0.25, -0.2) is 8.42 Å². The highest BCUT2D eigenvalue weighted by Gasteiger charge is 2.14. The summed E-state index contributed by atoms with van der Waals surface area (Å²) in [5.41, 5.74) is 2.40. The number of halogens is 1. The molecule has 0 saturated carbocycles. The van der Waals surface area contributed by atoms with Crippen LogP contribution in [-0.4, -0.2) is 18.2 Å². The average molecular weight is 362 g/mol. The number of sulfonamides is 1. The summed E-state index contributed by atoms with van der Waals surface area (Å²) >= 11 is 5.96. The van der Waals surface area contributed by atoms with Crippen LogP contribution in [0.4, 0.5) is 5.69 Å². The second-order valence-electron chi connectivity index (χ2n) is 5.48. The zero-order valence-electron chi connectivity index (χ0n) is 13.0. The number of hydrogen-bond donors (Lipinski definition) is 1. The maximum absolute atomic E-state index is 12.4. The minimum Gasteiger partial charge on any atom is -0.276 e. The van der Waals surface area contributed by atoms with Gasteiger partial charge in [-0.2, -0.15) is 5.10 Å². The third kappa shape index (κ3) is 3.96. The van der Waals surface area contributed by atoms with Gasteiger partial charge in [-0.1, -0.05) is 41.4 Å². The summed E-state index contributed by atoms with van der Waals surface area (Å²) in [7, 11) is -3.62. The SMILES string of the molecule is Cc1ccc(S(=O)(=O)Nc2cnn(Cc3cccc(Cl)c3)c2)cc1. The van der Waals surface area contributed by atoms with Gasteiger partial charge in [-0.15, -0.1) is 0 Å². The fourth-order valence-corrected chi connectivity index (χ4v) is 3.50. The fourth-order valence-electron chi connectivity index (χ4n) is 2.26. The maximum atomic E-state index is 12.4. The normalized spacial score (nSPS) is 11.4. The van der Waals surface area contributed by atoms with E-state index in [9.17, 15) is 8.42 Å². The minimum atomic E-state index is -3.62. The number of nitrogens with zero attached hydrogens (tertiary/aromatic N) is 2. The number of benzene rings is 2. The lowest BCUT2D eigenvalue weighted by Crippen LogP contribution is -2.12. The molecule has 0 amide bonds. The standard InChI is InChI=1S/C17H16ClN3O2S/c1-13-5-7-17(8-6-13)24(22,23)20-16-10-19-21(12-16)11-14-3-2-4-15(18)9-14/h2-10,12,20H,11H2,1H3. The average Bonchev–Trinajstić information content (AvgIpc) is 2.94. The van der Waals surface area contributed by atoms with Crippen molar-refractivity contribution in [2.24, 2.45) is 0 Å².